The Morgan fingerprint density at radius 2 is 2.17 bits per heavy atom. The lowest BCUT2D eigenvalue weighted by atomic mass is 9.85. The minimum absolute atomic E-state index is 0.124. The predicted octanol–water partition coefficient (Wildman–Crippen LogP) is 4.18. The van der Waals surface area contributed by atoms with E-state index >= 15 is 0 Å². The van der Waals surface area contributed by atoms with Gasteiger partial charge in [0, 0.05) is 11.1 Å². The van der Waals surface area contributed by atoms with E-state index in [0.717, 1.165) is 29.7 Å². The first-order chi connectivity index (χ1) is 8.43. The first-order valence-corrected chi connectivity index (χ1v) is 6.59. The lowest BCUT2D eigenvalue weighted by molar-refractivity contribution is 0.0743. The summed E-state index contributed by atoms with van der Waals surface area (Å²) in [6.45, 7) is 8.40. The molecule has 2 rings (SSSR count). The van der Waals surface area contributed by atoms with Crippen molar-refractivity contribution in [2.75, 3.05) is 0 Å². The van der Waals surface area contributed by atoms with Gasteiger partial charge in [-0.1, -0.05) is 19.1 Å². The van der Waals surface area contributed by atoms with Crippen molar-refractivity contribution in [3.8, 4) is 11.5 Å². The third-order valence-corrected chi connectivity index (χ3v) is 3.50. The molecule has 18 heavy (non-hydrogen) atoms. The Balaban J connectivity index is 2.41. The van der Waals surface area contributed by atoms with Crippen molar-refractivity contribution in [2.24, 2.45) is 0 Å². The second kappa shape index (κ2) is 4.68. The average Bonchev–Trinajstić information content (AvgIpc) is 2.26. The molecule has 2 heteroatoms. The van der Waals surface area contributed by atoms with Gasteiger partial charge in [-0.25, -0.2) is 0 Å². The zero-order valence-corrected chi connectivity index (χ0v) is 11.7. The van der Waals surface area contributed by atoms with Gasteiger partial charge in [0.25, 0.3) is 0 Å². The van der Waals surface area contributed by atoms with E-state index < -0.39 is 0 Å². The Labute approximate surface area is 109 Å². The molecule has 0 saturated heterocycles. The van der Waals surface area contributed by atoms with Crippen molar-refractivity contribution in [3.05, 3.63) is 35.4 Å². The normalized spacial score (nSPS) is 21.7. The molecule has 1 aliphatic rings. The number of allylic oxidation sites excluding steroid dienone is 2. The fraction of sp³-hybridized carbons (Fsp3) is 0.500. The summed E-state index contributed by atoms with van der Waals surface area (Å²) in [5, 5.41) is 10.1. The average molecular weight is 246 g/mol. The molecule has 1 aromatic carbocycles. The first-order valence-electron chi connectivity index (χ1n) is 6.59. The molecular formula is C16H22O2. The third-order valence-electron chi connectivity index (χ3n) is 3.50. The summed E-state index contributed by atoms with van der Waals surface area (Å²) in [6, 6.07) is 3.86. The van der Waals surface area contributed by atoms with E-state index in [4.69, 9.17) is 4.74 Å². The summed E-state index contributed by atoms with van der Waals surface area (Å²) in [6.07, 6.45) is 5.76. The Morgan fingerprint density at radius 3 is 2.83 bits per heavy atom. The highest BCUT2D eigenvalue weighted by Gasteiger charge is 2.32. The Kier molecular flexibility index (Phi) is 3.38. The molecule has 0 spiro atoms. The van der Waals surface area contributed by atoms with Crippen LogP contribution in [-0.2, 0) is 6.42 Å². The van der Waals surface area contributed by atoms with Gasteiger partial charge in [-0.05, 0) is 51.7 Å². The van der Waals surface area contributed by atoms with Crippen molar-refractivity contribution in [1.82, 2.24) is 0 Å². The predicted molar refractivity (Wildman–Crippen MR) is 74.4 cm³/mol. The van der Waals surface area contributed by atoms with Gasteiger partial charge in [0.15, 0.2) is 0 Å². The highest BCUT2D eigenvalue weighted by atomic mass is 16.5. The van der Waals surface area contributed by atoms with E-state index in [1.165, 1.54) is 0 Å². The number of fused-ring (bicyclic) bond motifs is 1. The molecule has 1 unspecified atom stereocenters. The zero-order valence-electron chi connectivity index (χ0n) is 11.7. The SMILES string of the molecule is CC=CCc1cc2c(cc1O)C(C)CC(C)(C)O2. The smallest absolute Gasteiger partial charge is 0.124 e. The Hall–Kier alpha value is -1.44. The van der Waals surface area contributed by atoms with E-state index in [1.54, 1.807) is 0 Å². The van der Waals surface area contributed by atoms with Gasteiger partial charge in [0.05, 0.1) is 0 Å². The van der Waals surface area contributed by atoms with Crippen LogP contribution in [0, 0.1) is 0 Å². The number of hydrogen-bond donors (Lipinski definition) is 1. The summed E-state index contributed by atoms with van der Waals surface area (Å²) in [5.41, 5.74) is 1.93. The monoisotopic (exact) mass is 246 g/mol. The number of rotatable bonds is 2. The molecule has 1 atom stereocenters. The number of phenols is 1. The quantitative estimate of drug-likeness (QED) is 0.793. The maximum absolute atomic E-state index is 10.1. The minimum Gasteiger partial charge on any atom is -0.508 e. The molecule has 1 N–H and O–H groups in total. The van der Waals surface area contributed by atoms with Gasteiger partial charge in [0.2, 0.25) is 0 Å². The van der Waals surface area contributed by atoms with Crippen molar-refractivity contribution >= 4 is 0 Å². The number of aromatic hydroxyl groups is 1. The molecular weight excluding hydrogens is 224 g/mol. The van der Waals surface area contributed by atoms with Crippen LogP contribution < -0.4 is 4.74 Å². The number of phenolic OH excluding ortho intramolecular Hbond substituents is 1. The van der Waals surface area contributed by atoms with Crippen LogP contribution in [0.15, 0.2) is 24.3 Å². The van der Waals surface area contributed by atoms with E-state index in [9.17, 15) is 5.11 Å². The molecule has 1 heterocycles. The van der Waals surface area contributed by atoms with Crippen LogP contribution in [0.2, 0.25) is 0 Å². The van der Waals surface area contributed by atoms with Gasteiger partial charge in [-0.2, -0.15) is 0 Å². The van der Waals surface area contributed by atoms with Crippen molar-refractivity contribution < 1.29 is 9.84 Å². The molecule has 2 nitrogen and oxygen atoms in total. The molecule has 98 valence electrons. The van der Waals surface area contributed by atoms with E-state index in [2.05, 4.69) is 20.8 Å². The lowest BCUT2D eigenvalue weighted by Crippen LogP contribution is -2.34. The summed E-state index contributed by atoms with van der Waals surface area (Å²) >= 11 is 0. The van der Waals surface area contributed by atoms with Crippen molar-refractivity contribution in [2.45, 2.75) is 52.1 Å². The molecule has 0 amide bonds. The number of ether oxygens (including phenoxy) is 1. The second-order valence-electron chi connectivity index (χ2n) is 5.76. The molecule has 0 bridgehead atoms. The van der Waals surface area contributed by atoms with Gasteiger partial charge < -0.3 is 9.84 Å². The van der Waals surface area contributed by atoms with Gasteiger partial charge in [-0.15, -0.1) is 0 Å². The first kappa shape index (κ1) is 13.0. The topological polar surface area (TPSA) is 29.5 Å². The summed E-state index contributed by atoms with van der Waals surface area (Å²) < 4.78 is 6.03. The van der Waals surface area contributed by atoms with Gasteiger partial charge in [-0.3, -0.25) is 0 Å². The van der Waals surface area contributed by atoms with Crippen LogP contribution in [0.4, 0.5) is 0 Å². The van der Waals surface area contributed by atoms with Crippen LogP contribution in [0.5, 0.6) is 11.5 Å². The summed E-state index contributed by atoms with van der Waals surface area (Å²) in [5.74, 6) is 1.73. The molecule has 0 fully saturated rings. The van der Waals surface area contributed by atoms with Crippen LogP contribution >= 0.6 is 0 Å². The fourth-order valence-corrected chi connectivity index (χ4v) is 2.70. The molecule has 1 aromatic rings. The van der Waals surface area contributed by atoms with E-state index in [1.807, 2.05) is 31.2 Å². The number of hydrogen-bond acceptors (Lipinski definition) is 2. The molecule has 0 aliphatic carbocycles. The van der Waals surface area contributed by atoms with Crippen LogP contribution in [0.25, 0.3) is 0 Å². The highest BCUT2D eigenvalue weighted by Crippen LogP contribution is 2.43. The molecule has 0 radical (unpaired) electrons. The largest absolute Gasteiger partial charge is 0.508 e. The Bertz CT molecular complexity index is 472. The van der Waals surface area contributed by atoms with Gasteiger partial charge in [0.1, 0.15) is 17.1 Å². The van der Waals surface area contributed by atoms with Crippen LogP contribution in [0.1, 0.15) is 51.2 Å². The van der Waals surface area contributed by atoms with Crippen LogP contribution in [-0.4, -0.2) is 10.7 Å². The summed E-state index contributed by atoms with van der Waals surface area (Å²) in [4.78, 5) is 0. The van der Waals surface area contributed by atoms with E-state index in [0.29, 0.717) is 11.7 Å². The second-order valence-corrected chi connectivity index (χ2v) is 5.76. The third kappa shape index (κ3) is 2.53. The van der Waals surface area contributed by atoms with E-state index in [-0.39, 0.29) is 5.60 Å². The lowest BCUT2D eigenvalue weighted by Gasteiger charge is -2.36. The zero-order chi connectivity index (χ0) is 13.3. The van der Waals surface area contributed by atoms with Gasteiger partial charge >= 0.3 is 0 Å². The fourth-order valence-electron chi connectivity index (χ4n) is 2.70. The molecule has 0 saturated carbocycles. The van der Waals surface area contributed by atoms with Crippen molar-refractivity contribution in [3.63, 3.8) is 0 Å². The maximum atomic E-state index is 10.1. The summed E-state index contributed by atoms with van der Waals surface area (Å²) in [7, 11) is 0. The molecule has 0 aromatic heterocycles. The minimum atomic E-state index is -0.124. The number of benzene rings is 1. The van der Waals surface area contributed by atoms with Crippen molar-refractivity contribution in [1.29, 1.82) is 0 Å². The molecule has 1 aliphatic heterocycles. The Morgan fingerprint density at radius 1 is 1.44 bits per heavy atom. The maximum Gasteiger partial charge on any atom is 0.124 e. The highest BCUT2D eigenvalue weighted by molar-refractivity contribution is 5.49. The van der Waals surface area contributed by atoms with Crippen LogP contribution in [0.3, 0.4) is 0 Å². The standard InChI is InChI=1S/C16H22O2/c1-5-6-7-12-8-15-13(9-14(12)17)11(2)10-16(3,4)18-15/h5-6,8-9,11,17H,7,10H2,1-4H3.